The highest BCUT2D eigenvalue weighted by molar-refractivity contribution is 5.96. The Morgan fingerprint density at radius 3 is 2.48 bits per heavy atom. The Labute approximate surface area is 158 Å². The first kappa shape index (κ1) is 17.8. The molecule has 0 saturated carbocycles. The van der Waals surface area contributed by atoms with Gasteiger partial charge in [-0.15, -0.1) is 0 Å². The van der Waals surface area contributed by atoms with Gasteiger partial charge < -0.3 is 14.4 Å². The molecule has 2 aromatic carbocycles. The summed E-state index contributed by atoms with van der Waals surface area (Å²) in [7, 11) is 2.13. The zero-order valence-corrected chi connectivity index (χ0v) is 15.7. The number of rotatable bonds is 3. The molecule has 4 rings (SSSR count). The van der Waals surface area contributed by atoms with Gasteiger partial charge in [-0.25, -0.2) is 4.79 Å². The predicted molar refractivity (Wildman–Crippen MR) is 107 cm³/mol. The van der Waals surface area contributed by atoms with E-state index in [1.807, 2.05) is 43.3 Å². The number of hydrogen-bond acceptors (Lipinski definition) is 5. The molecule has 27 heavy (non-hydrogen) atoms. The van der Waals surface area contributed by atoms with Crippen LogP contribution in [0, 0.1) is 6.92 Å². The van der Waals surface area contributed by atoms with Gasteiger partial charge >= 0.3 is 5.63 Å². The normalized spacial score (nSPS) is 16.1. The molecular weight excluding hydrogens is 340 g/mol. The van der Waals surface area contributed by atoms with Crippen LogP contribution in [0.25, 0.3) is 22.1 Å². The molecule has 0 aliphatic carbocycles. The summed E-state index contributed by atoms with van der Waals surface area (Å²) in [6, 6.07) is 13.3. The standard InChI is InChI=1S/C22H24N2O3/c1-15-21(26)17(14-24-10-8-23(2)9-11-24)12-19-18(13-20(25)27-22(15)19)16-6-4-3-5-7-16/h3-7,12-13,26H,8-11,14H2,1-2H3. The highest BCUT2D eigenvalue weighted by Crippen LogP contribution is 2.35. The molecule has 0 atom stereocenters. The first-order valence-corrected chi connectivity index (χ1v) is 9.28. The van der Waals surface area contributed by atoms with E-state index in [0.29, 0.717) is 17.7 Å². The maximum absolute atomic E-state index is 12.1. The van der Waals surface area contributed by atoms with Crippen molar-refractivity contribution in [3.05, 3.63) is 64.0 Å². The Bertz CT molecular complexity index is 1020. The van der Waals surface area contributed by atoms with E-state index in [4.69, 9.17) is 4.42 Å². The smallest absolute Gasteiger partial charge is 0.336 e. The minimum Gasteiger partial charge on any atom is -0.507 e. The number of piperazine rings is 1. The van der Waals surface area contributed by atoms with Crippen molar-refractivity contribution in [1.82, 2.24) is 9.80 Å². The van der Waals surface area contributed by atoms with Gasteiger partial charge in [-0.2, -0.15) is 0 Å². The van der Waals surface area contributed by atoms with Crippen molar-refractivity contribution in [2.75, 3.05) is 33.2 Å². The molecule has 0 radical (unpaired) electrons. The van der Waals surface area contributed by atoms with Crippen LogP contribution < -0.4 is 5.63 Å². The van der Waals surface area contributed by atoms with Crippen LogP contribution in [0.2, 0.25) is 0 Å². The zero-order valence-electron chi connectivity index (χ0n) is 15.7. The van der Waals surface area contributed by atoms with Crippen LogP contribution in [0.15, 0.2) is 51.7 Å². The third-order valence-electron chi connectivity index (χ3n) is 5.39. The molecule has 3 aromatic rings. The molecule has 2 heterocycles. The molecule has 0 unspecified atom stereocenters. The van der Waals surface area contributed by atoms with Gasteiger partial charge in [-0.3, -0.25) is 4.90 Å². The minimum atomic E-state index is -0.407. The van der Waals surface area contributed by atoms with Crippen LogP contribution in [-0.2, 0) is 6.54 Å². The number of aryl methyl sites for hydroxylation is 1. The number of nitrogens with zero attached hydrogens (tertiary/aromatic N) is 2. The second-order valence-electron chi connectivity index (χ2n) is 7.31. The van der Waals surface area contributed by atoms with Crippen LogP contribution in [0.1, 0.15) is 11.1 Å². The van der Waals surface area contributed by atoms with E-state index in [-0.39, 0.29) is 5.75 Å². The quantitative estimate of drug-likeness (QED) is 0.723. The number of phenolic OH excluding ortho intramolecular Hbond substituents is 1. The molecule has 1 saturated heterocycles. The number of fused-ring (bicyclic) bond motifs is 1. The van der Waals surface area contributed by atoms with Crippen LogP contribution in [0.4, 0.5) is 0 Å². The van der Waals surface area contributed by atoms with Crippen molar-refractivity contribution in [2.24, 2.45) is 0 Å². The fourth-order valence-electron chi connectivity index (χ4n) is 3.74. The predicted octanol–water partition coefficient (Wildman–Crippen LogP) is 3.22. The van der Waals surface area contributed by atoms with Crippen LogP contribution >= 0.6 is 0 Å². The van der Waals surface area contributed by atoms with E-state index in [0.717, 1.165) is 48.3 Å². The van der Waals surface area contributed by atoms with Crippen molar-refractivity contribution in [3.8, 4) is 16.9 Å². The molecular formula is C22H24N2O3. The Morgan fingerprint density at radius 2 is 1.78 bits per heavy atom. The van der Waals surface area contributed by atoms with Gasteiger partial charge in [0.05, 0.1) is 0 Å². The van der Waals surface area contributed by atoms with Gasteiger partial charge in [0.2, 0.25) is 0 Å². The molecule has 5 heteroatoms. The maximum atomic E-state index is 12.1. The lowest BCUT2D eigenvalue weighted by Crippen LogP contribution is -2.43. The highest BCUT2D eigenvalue weighted by atomic mass is 16.4. The summed E-state index contributed by atoms with van der Waals surface area (Å²) in [6.45, 7) is 6.49. The topological polar surface area (TPSA) is 56.9 Å². The van der Waals surface area contributed by atoms with Crippen LogP contribution in [0.5, 0.6) is 5.75 Å². The second kappa shape index (κ2) is 7.18. The van der Waals surface area contributed by atoms with E-state index >= 15 is 0 Å². The van der Waals surface area contributed by atoms with Gasteiger partial charge in [0.1, 0.15) is 11.3 Å². The van der Waals surface area contributed by atoms with Crippen molar-refractivity contribution < 1.29 is 9.52 Å². The average molecular weight is 364 g/mol. The minimum absolute atomic E-state index is 0.217. The van der Waals surface area contributed by atoms with Gasteiger partial charge in [0.15, 0.2) is 0 Å². The Morgan fingerprint density at radius 1 is 1.07 bits per heavy atom. The van der Waals surface area contributed by atoms with Gasteiger partial charge in [0, 0.05) is 55.3 Å². The second-order valence-corrected chi connectivity index (χ2v) is 7.31. The Hall–Kier alpha value is -2.63. The Kier molecular flexibility index (Phi) is 4.72. The molecule has 1 fully saturated rings. The number of phenols is 1. The van der Waals surface area contributed by atoms with Gasteiger partial charge in [-0.05, 0) is 31.2 Å². The number of aromatic hydroxyl groups is 1. The molecule has 1 N–H and O–H groups in total. The third kappa shape index (κ3) is 3.48. The summed E-state index contributed by atoms with van der Waals surface area (Å²) in [5.74, 6) is 0.217. The van der Waals surface area contributed by atoms with Crippen molar-refractivity contribution >= 4 is 11.0 Å². The van der Waals surface area contributed by atoms with E-state index in [1.165, 1.54) is 6.07 Å². The molecule has 0 spiro atoms. The Balaban J connectivity index is 1.83. The lowest BCUT2D eigenvalue weighted by atomic mass is 9.97. The first-order valence-electron chi connectivity index (χ1n) is 9.28. The molecule has 1 aliphatic heterocycles. The van der Waals surface area contributed by atoms with Crippen LogP contribution in [0.3, 0.4) is 0 Å². The lowest BCUT2D eigenvalue weighted by molar-refractivity contribution is 0.147. The summed E-state index contributed by atoms with van der Waals surface area (Å²) in [5, 5.41) is 11.6. The molecule has 0 bridgehead atoms. The monoisotopic (exact) mass is 364 g/mol. The van der Waals surface area contributed by atoms with E-state index in [9.17, 15) is 9.90 Å². The number of benzene rings is 2. The van der Waals surface area contributed by atoms with Crippen LogP contribution in [-0.4, -0.2) is 48.1 Å². The zero-order chi connectivity index (χ0) is 19.0. The fraction of sp³-hybridized carbons (Fsp3) is 0.318. The van der Waals surface area contributed by atoms with Crippen molar-refractivity contribution in [2.45, 2.75) is 13.5 Å². The lowest BCUT2D eigenvalue weighted by Gasteiger charge is -2.32. The molecule has 1 aromatic heterocycles. The average Bonchev–Trinajstić information content (AvgIpc) is 2.68. The first-order chi connectivity index (χ1) is 13.0. The summed E-state index contributed by atoms with van der Waals surface area (Å²) in [6.07, 6.45) is 0. The number of likely N-dealkylation sites (N-methyl/N-ethyl adjacent to an activating group) is 1. The molecule has 1 aliphatic rings. The SMILES string of the molecule is Cc1c(O)c(CN2CCN(C)CC2)cc2c(-c3ccccc3)cc(=O)oc12. The largest absolute Gasteiger partial charge is 0.507 e. The van der Waals surface area contributed by atoms with E-state index < -0.39 is 5.63 Å². The fourth-order valence-corrected chi connectivity index (χ4v) is 3.74. The van der Waals surface area contributed by atoms with Crippen molar-refractivity contribution in [1.29, 1.82) is 0 Å². The van der Waals surface area contributed by atoms with E-state index in [2.05, 4.69) is 16.8 Å². The van der Waals surface area contributed by atoms with Gasteiger partial charge in [0.25, 0.3) is 0 Å². The molecule has 140 valence electrons. The summed E-state index contributed by atoms with van der Waals surface area (Å²) in [5.41, 5.74) is 3.34. The molecule has 5 nitrogen and oxygen atoms in total. The third-order valence-corrected chi connectivity index (χ3v) is 5.39. The summed E-state index contributed by atoms with van der Waals surface area (Å²) in [4.78, 5) is 16.8. The summed E-state index contributed by atoms with van der Waals surface area (Å²) >= 11 is 0. The summed E-state index contributed by atoms with van der Waals surface area (Å²) < 4.78 is 5.46. The maximum Gasteiger partial charge on any atom is 0.336 e. The number of hydrogen-bond donors (Lipinski definition) is 1. The molecule has 0 amide bonds. The van der Waals surface area contributed by atoms with Gasteiger partial charge in [-0.1, -0.05) is 30.3 Å². The highest BCUT2D eigenvalue weighted by Gasteiger charge is 2.19. The van der Waals surface area contributed by atoms with Crippen molar-refractivity contribution in [3.63, 3.8) is 0 Å². The van der Waals surface area contributed by atoms with E-state index in [1.54, 1.807) is 0 Å².